The van der Waals surface area contributed by atoms with Gasteiger partial charge in [0, 0.05) is 36.3 Å². The van der Waals surface area contributed by atoms with Crippen LogP contribution in [0.2, 0.25) is 0 Å². The number of nitrogens with zero attached hydrogens (tertiary/aromatic N) is 4. The third-order valence-corrected chi connectivity index (χ3v) is 4.75. The van der Waals surface area contributed by atoms with Gasteiger partial charge >= 0.3 is 6.09 Å². The molecule has 1 fully saturated rings. The first kappa shape index (κ1) is 17.6. The number of hydrogen-bond acceptors (Lipinski definition) is 5. The molecule has 0 bridgehead atoms. The number of likely N-dealkylation sites (tertiary alicyclic amines) is 1. The molecule has 0 N–H and O–H groups in total. The maximum atomic E-state index is 12.5. The second-order valence-electron chi connectivity index (χ2n) is 7.96. The molecule has 27 heavy (non-hydrogen) atoms. The lowest BCUT2D eigenvalue weighted by atomic mass is 10.1. The minimum Gasteiger partial charge on any atom is -0.444 e. The fourth-order valence-electron chi connectivity index (χ4n) is 3.56. The summed E-state index contributed by atoms with van der Waals surface area (Å²) in [4.78, 5) is 18.8. The Balaban J connectivity index is 1.63. The first-order valence-electron chi connectivity index (χ1n) is 9.21. The first-order valence-corrected chi connectivity index (χ1v) is 9.21. The van der Waals surface area contributed by atoms with Gasteiger partial charge in [-0.15, -0.1) is 0 Å². The second-order valence-corrected chi connectivity index (χ2v) is 7.96. The van der Waals surface area contributed by atoms with Gasteiger partial charge in [-0.1, -0.05) is 23.4 Å². The van der Waals surface area contributed by atoms with Gasteiger partial charge in [-0.25, -0.2) is 4.79 Å². The molecule has 7 nitrogen and oxygen atoms in total. The number of carbonyl (C=O) groups excluding carboxylic acids is 1. The van der Waals surface area contributed by atoms with Crippen molar-refractivity contribution in [3.05, 3.63) is 36.4 Å². The number of rotatable bonds is 2. The Kier molecular flexibility index (Phi) is 4.17. The lowest BCUT2D eigenvalue weighted by molar-refractivity contribution is 0.0199. The molecule has 1 atom stereocenters. The van der Waals surface area contributed by atoms with E-state index in [1.807, 2.05) is 56.8 Å². The summed E-state index contributed by atoms with van der Waals surface area (Å²) in [5.74, 6) is 0.999. The van der Waals surface area contributed by atoms with Crippen molar-refractivity contribution >= 4 is 17.0 Å². The molecule has 0 spiro atoms. The molecule has 4 rings (SSSR count). The first-order chi connectivity index (χ1) is 12.8. The van der Waals surface area contributed by atoms with Gasteiger partial charge in [-0.3, -0.25) is 4.90 Å². The topological polar surface area (TPSA) is 73.4 Å². The summed E-state index contributed by atoms with van der Waals surface area (Å²) in [6, 6.07) is 7.86. The lowest BCUT2D eigenvalue weighted by Gasteiger charge is -2.26. The predicted octanol–water partition coefficient (Wildman–Crippen LogP) is 4.30. The number of hydrogen-bond donors (Lipinski definition) is 0. The summed E-state index contributed by atoms with van der Waals surface area (Å²) in [6.07, 6.45) is 3.33. The van der Waals surface area contributed by atoms with Crippen LogP contribution in [0, 0.1) is 0 Å². The highest BCUT2D eigenvalue weighted by Gasteiger charge is 2.36. The van der Waals surface area contributed by atoms with E-state index in [9.17, 15) is 4.79 Å². The number of aromatic nitrogens is 3. The molecule has 2 aromatic heterocycles. The van der Waals surface area contributed by atoms with E-state index >= 15 is 0 Å². The molecule has 1 aliphatic heterocycles. The summed E-state index contributed by atoms with van der Waals surface area (Å²) in [5, 5.41) is 5.26. The third-order valence-electron chi connectivity index (χ3n) is 4.75. The highest BCUT2D eigenvalue weighted by atomic mass is 16.6. The molecular formula is C20H24N4O3. The minimum atomic E-state index is -0.535. The van der Waals surface area contributed by atoms with Crippen molar-refractivity contribution in [2.24, 2.45) is 7.05 Å². The van der Waals surface area contributed by atoms with Crippen molar-refractivity contribution in [1.29, 1.82) is 0 Å². The van der Waals surface area contributed by atoms with E-state index in [4.69, 9.17) is 9.26 Å². The zero-order valence-electron chi connectivity index (χ0n) is 16.1. The van der Waals surface area contributed by atoms with Crippen LogP contribution in [-0.2, 0) is 11.8 Å². The fraction of sp³-hybridized carbons (Fsp3) is 0.450. The molecule has 1 aromatic carbocycles. The summed E-state index contributed by atoms with van der Waals surface area (Å²) < 4.78 is 13.1. The van der Waals surface area contributed by atoms with E-state index in [-0.39, 0.29) is 12.1 Å². The van der Waals surface area contributed by atoms with E-state index in [0.717, 1.165) is 29.3 Å². The number of fused-ring (bicyclic) bond motifs is 1. The lowest BCUT2D eigenvalue weighted by Crippen LogP contribution is -2.36. The average molecular weight is 368 g/mol. The predicted molar refractivity (Wildman–Crippen MR) is 101 cm³/mol. The Bertz CT molecular complexity index is 983. The average Bonchev–Trinajstić information content (AvgIpc) is 3.31. The van der Waals surface area contributed by atoms with Crippen molar-refractivity contribution in [3.8, 4) is 11.4 Å². The Labute approximate surface area is 157 Å². The van der Waals surface area contributed by atoms with Crippen LogP contribution < -0.4 is 0 Å². The maximum Gasteiger partial charge on any atom is 0.410 e. The van der Waals surface area contributed by atoms with Crippen molar-refractivity contribution < 1.29 is 14.1 Å². The Morgan fingerprint density at radius 2 is 2.07 bits per heavy atom. The van der Waals surface area contributed by atoms with Crippen LogP contribution >= 0.6 is 0 Å². The Morgan fingerprint density at radius 3 is 2.85 bits per heavy atom. The van der Waals surface area contributed by atoms with Crippen molar-refractivity contribution in [3.63, 3.8) is 0 Å². The number of benzene rings is 1. The fourth-order valence-corrected chi connectivity index (χ4v) is 3.56. The van der Waals surface area contributed by atoms with Crippen LogP contribution in [0.3, 0.4) is 0 Å². The Morgan fingerprint density at radius 1 is 1.30 bits per heavy atom. The summed E-state index contributed by atoms with van der Waals surface area (Å²) >= 11 is 0. The molecule has 7 heteroatoms. The number of aryl methyl sites for hydroxylation is 1. The number of carbonyl (C=O) groups is 1. The largest absolute Gasteiger partial charge is 0.444 e. The van der Waals surface area contributed by atoms with Gasteiger partial charge < -0.3 is 13.8 Å². The standard InChI is InChI=1S/C20H24N4O3/c1-20(2,3)26-19(25)24-11-7-10-16(24)18-21-17(22-27-18)14-12-23(4)15-9-6-5-8-13(14)15/h5-6,8-9,12,16H,7,10-11H2,1-4H3/t16-/m0/s1. The molecule has 0 saturated carbocycles. The number of ether oxygens (including phenoxy) is 1. The summed E-state index contributed by atoms with van der Waals surface area (Å²) in [7, 11) is 1.99. The van der Waals surface area contributed by atoms with Crippen LogP contribution in [0.15, 0.2) is 35.0 Å². The van der Waals surface area contributed by atoms with Gasteiger partial charge in [0.1, 0.15) is 11.6 Å². The number of para-hydroxylation sites is 1. The van der Waals surface area contributed by atoms with E-state index in [0.29, 0.717) is 18.3 Å². The van der Waals surface area contributed by atoms with Crippen molar-refractivity contribution in [1.82, 2.24) is 19.6 Å². The van der Waals surface area contributed by atoms with Gasteiger partial charge in [0.15, 0.2) is 0 Å². The van der Waals surface area contributed by atoms with Gasteiger partial charge in [-0.2, -0.15) is 4.98 Å². The molecule has 1 saturated heterocycles. The smallest absolute Gasteiger partial charge is 0.410 e. The summed E-state index contributed by atoms with van der Waals surface area (Å²) in [6.45, 7) is 6.22. The van der Waals surface area contributed by atoms with Gasteiger partial charge in [0.05, 0.1) is 0 Å². The van der Waals surface area contributed by atoms with E-state index in [1.54, 1.807) is 4.90 Å². The normalized spacial score (nSPS) is 17.6. The molecule has 142 valence electrons. The van der Waals surface area contributed by atoms with Crippen LogP contribution in [-0.4, -0.2) is 37.8 Å². The summed E-state index contributed by atoms with van der Waals surface area (Å²) in [5.41, 5.74) is 1.49. The molecule has 1 amide bonds. The van der Waals surface area contributed by atoms with E-state index in [2.05, 4.69) is 16.2 Å². The molecule has 1 aliphatic rings. The molecule has 0 unspecified atom stereocenters. The van der Waals surface area contributed by atoms with Gasteiger partial charge in [0.2, 0.25) is 11.7 Å². The number of amides is 1. The Hall–Kier alpha value is -2.83. The molecule has 0 aliphatic carbocycles. The SMILES string of the molecule is Cn1cc(-c2noc([C@@H]3CCCN3C(=O)OC(C)(C)C)n2)c2ccccc21. The van der Waals surface area contributed by atoms with Crippen LogP contribution in [0.5, 0.6) is 0 Å². The molecule has 0 radical (unpaired) electrons. The highest BCUT2D eigenvalue weighted by molar-refractivity contribution is 5.94. The van der Waals surface area contributed by atoms with Crippen molar-refractivity contribution in [2.75, 3.05) is 6.54 Å². The molecule has 3 heterocycles. The van der Waals surface area contributed by atoms with Crippen molar-refractivity contribution in [2.45, 2.75) is 45.3 Å². The van der Waals surface area contributed by atoms with E-state index in [1.165, 1.54) is 0 Å². The van der Waals surface area contributed by atoms with Crippen LogP contribution in [0.1, 0.15) is 45.5 Å². The zero-order valence-corrected chi connectivity index (χ0v) is 16.1. The highest BCUT2D eigenvalue weighted by Crippen LogP contribution is 2.34. The molecule has 3 aromatic rings. The van der Waals surface area contributed by atoms with Gasteiger partial charge in [0.25, 0.3) is 0 Å². The quantitative estimate of drug-likeness (QED) is 0.674. The van der Waals surface area contributed by atoms with Gasteiger partial charge in [-0.05, 0) is 39.7 Å². The molecular weight excluding hydrogens is 344 g/mol. The minimum absolute atomic E-state index is 0.240. The van der Waals surface area contributed by atoms with E-state index < -0.39 is 5.60 Å². The van der Waals surface area contributed by atoms with Crippen LogP contribution in [0.4, 0.5) is 4.79 Å². The maximum absolute atomic E-state index is 12.5. The van der Waals surface area contributed by atoms with Crippen LogP contribution in [0.25, 0.3) is 22.3 Å². The monoisotopic (exact) mass is 368 g/mol. The zero-order chi connectivity index (χ0) is 19.2. The second kappa shape index (κ2) is 6.40. The third kappa shape index (κ3) is 3.29.